The summed E-state index contributed by atoms with van der Waals surface area (Å²) in [6.07, 6.45) is 3.91. The number of hydrogen-bond acceptors (Lipinski definition) is 4. The third kappa shape index (κ3) is 6.03. The van der Waals surface area contributed by atoms with Crippen molar-refractivity contribution < 1.29 is 18.4 Å². The standard InChI is InChI=1S/C22H25F2N3O2S/c1-30-20-5-3-2-4-16(20)14-27-10-8-15(9-11-27)13-25-21(28)22(29)26-19-12-17(23)6-7-18(19)24/h2-7,12,15H,8-11,13-14H2,1H3,(H,25,28)(H,26,29). The molecule has 5 nitrogen and oxygen atoms in total. The van der Waals surface area contributed by atoms with E-state index >= 15 is 0 Å². The van der Waals surface area contributed by atoms with E-state index in [1.54, 1.807) is 11.8 Å². The lowest BCUT2D eigenvalue weighted by Gasteiger charge is -2.32. The molecule has 0 spiro atoms. The first-order chi connectivity index (χ1) is 14.5. The molecule has 2 N–H and O–H groups in total. The van der Waals surface area contributed by atoms with Gasteiger partial charge in [-0.15, -0.1) is 11.8 Å². The molecule has 0 unspecified atom stereocenters. The molecule has 2 aromatic rings. The van der Waals surface area contributed by atoms with Crippen LogP contribution in [0, 0.1) is 17.6 Å². The van der Waals surface area contributed by atoms with Crippen LogP contribution < -0.4 is 10.6 Å². The number of piperidine rings is 1. The van der Waals surface area contributed by atoms with Crippen molar-refractivity contribution in [3.8, 4) is 0 Å². The van der Waals surface area contributed by atoms with Crippen LogP contribution in [0.1, 0.15) is 18.4 Å². The molecular formula is C22H25F2N3O2S. The molecule has 0 aromatic heterocycles. The van der Waals surface area contributed by atoms with Crippen molar-refractivity contribution in [2.45, 2.75) is 24.3 Å². The molecule has 1 fully saturated rings. The molecule has 0 aliphatic carbocycles. The molecule has 1 heterocycles. The monoisotopic (exact) mass is 433 g/mol. The Morgan fingerprint density at radius 1 is 1.10 bits per heavy atom. The molecule has 2 aromatic carbocycles. The van der Waals surface area contributed by atoms with Gasteiger partial charge >= 0.3 is 11.8 Å². The van der Waals surface area contributed by atoms with Gasteiger partial charge in [0.25, 0.3) is 0 Å². The number of nitrogens with zero attached hydrogens (tertiary/aromatic N) is 1. The average molecular weight is 434 g/mol. The van der Waals surface area contributed by atoms with Gasteiger partial charge in [-0.05, 0) is 61.9 Å². The van der Waals surface area contributed by atoms with Crippen LogP contribution in [0.5, 0.6) is 0 Å². The molecule has 2 amide bonds. The molecule has 0 radical (unpaired) electrons. The average Bonchev–Trinajstić information content (AvgIpc) is 2.76. The summed E-state index contributed by atoms with van der Waals surface area (Å²) in [7, 11) is 0. The fourth-order valence-corrected chi connectivity index (χ4v) is 4.12. The number of amides is 2. The third-order valence-electron chi connectivity index (χ3n) is 5.23. The summed E-state index contributed by atoms with van der Waals surface area (Å²) in [4.78, 5) is 27.6. The first kappa shape index (κ1) is 22.2. The van der Waals surface area contributed by atoms with Crippen LogP contribution in [0.2, 0.25) is 0 Å². The Bertz CT molecular complexity index is 902. The minimum absolute atomic E-state index is 0.277. The second kappa shape index (κ2) is 10.5. The van der Waals surface area contributed by atoms with Gasteiger partial charge in [-0.25, -0.2) is 8.78 Å². The summed E-state index contributed by atoms with van der Waals surface area (Å²) in [6, 6.07) is 11.1. The predicted molar refractivity (Wildman–Crippen MR) is 114 cm³/mol. The smallest absolute Gasteiger partial charge is 0.313 e. The number of carbonyl (C=O) groups is 2. The van der Waals surface area contributed by atoms with E-state index in [-0.39, 0.29) is 11.6 Å². The molecule has 30 heavy (non-hydrogen) atoms. The number of halogens is 2. The maximum Gasteiger partial charge on any atom is 0.313 e. The van der Waals surface area contributed by atoms with Crippen LogP contribution in [0.4, 0.5) is 14.5 Å². The fraction of sp³-hybridized carbons (Fsp3) is 0.364. The molecule has 1 aliphatic rings. The summed E-state index contributed by atoms with van der Waals surface area (Å²) in [5, 5.41) is 4.71. The van der Waals surface area contributed by atoms with E-state index in [0.717, 1.165) is 50.7 Å². The zero-order valence-electron chi connectivity index (χ0n) is 16.8. The van der Waals surface area contributed by atoms with Crippen molar-refractivity contribution in [1.82, 2.24) is 10.2 Å². The zero-order chi connectivity index (χ0) is 21.5. The Hall–Kier alpha value is -2.45. The van der Waals surface area contributed by atoms with Gasteiger partial charge in [-0.2, -0.15) is 0 Å². The molecule has 0 bridgehead atoms. The normalized spacial score (nSPS) is 15.0. The van der Waals surface area contributed by atoms with Gasteiger partial charge in [-0.3, -0.25) is 14.5 Å². The molecule has 0 saturated carbocycles. The molecule has 1 aliphatic heterocycles. The highest BCUT2D eigenvalue weighted by atomic mass is 32.2. The van der Waals surface area contributed by atoms with Gasteiger partial charge < -0.3 is 10.6 Å². The van der Waals surface area contributed by atoms with Crippen LogP contribution in [0.15, 0.2) is 47.4 Å². The van der Waals surface area contributed by atoms with E-state index in [2.05, 4.69) is 40.0 Å². The Kier molecular flexibility index (Phi) is 7.81. The van der Waals surface area contributed by atoms with Gasteiger partial charge in [-0.1, -0.05) is 18.2 Å². The maximum absolute atomic E-state index is 13.6. The zero-order valence-corrected chi connectivity index (χ0v) is 17.6. The summed E-state index contributed by atoms with van der Waals surface area (Å²) < 4.78 is 26.8. The number of thioether (sulfide) groups is 1. The van der Waals surface area contributed by atoms with E-state index in [0.29, 0.717) is 6.54 Å². The lowest BCUT2D eigenvalue weighted by atomic mass is 9.96. The minimum Gasteiger partial charge on any atom is -0.348 e. The molecule has 160 valence electrons. The van der Waals surface area contributed by atoms with Crippen molar-refractivity contribution in [3.63, 3.8) is 0 Å². The van der Waals surface area contributed by atoms with E-state index in [9.17, 15) is 18.4 Å². The number of benzene rings is 2. The lowest BCUT2D eigenvalue weighted by molar-refractivity contribution is -0.136. The molecule has 8 heteroatoms. The lowest BCUT2D eigenvalue weighted by Crippen LogP contribution is -2.41. The van der Waals surface area contributed by atoms with Crippen LogP contribution in [-0.4, -0.2) is 42.6 Å². The summed E-state index contributed by atoms with van der Waals surface area (Å²) in [6.45, 7) is 3.12. The highest BCUT2D eigenvalue weighted by Gasteiger charge is 2.22. The molecule has 3 rings (SSSR count). The van der Waals surface area contributed by atoms with E-state index in [4.69, 9.17) is 0 Å². The number of likely N-dealkylation sites (tertiary alicyclic amines) is 1. The Balaban J connectivity index is 1.42. The Morgan fingerprint density at radius 2 is 1.83 bits per heavy atom. The van der Waals surface area contributed by atoms with Crippen LogP contribution >= 0.6 is 11.8 Å². The van der Waals surface area contributed by atoms with Gasteiger partial charge in [0.1, 0.15) is 11.6 Å². The molecule has 0 atom stereocenters. The minimum atomic E-state index is -1.01. The number of carbonyl (C=O) groups excluding carboxylic acids is 2. The third-order valence-corrected chi connectivity index (χ3v) is 6.07. The first-order valence-corrected chi connectivity index (χ1v) is 11.1. The number of nitrogens with one attached hydrogen (secondary N) is 2. The second-order valence-electron chi connectivity index (χ2n) is 7.32. The quantitative estimate of drug-likeness (QED) is 0.539. The summed E-state index contributed by atoms with van der Waals surface area (Å²) >= 11 is 1.74. The molecule has 1 saturated heterocycles. The van der Waals surface area contributed by atoms with Gasteiger partial charge in [0.2, 0.25) is 0 Å². The van der Waals surface area contributed by atoms with Gasteiger partial charge in [0.05, 0.1) is 5.69 Å². The van der Waals surface area contributed by atoms with Crippen molar-refractivity contribution in [1.29, 1.82) is 0 Å². The fourth-order valence-electron chi connectivity index (χ4n) is 3.51. The van der Waals surface area contributed by atoms with Crippen LogP contribution in [-0.2, 0) is 16.1 Å². The van der Waals surface area contributed by atoms with Crippen molar-refractivity contribution in [2.75, 3.05) is 31.2 Å². The van der Waals surface area contributed by atoms with Crippen molar-refractivity contribution in [3.05, 3.63) is 59.7 Å². The van der Waals surface area contributed by atoms with Crippen LogP contribution in [0.25, 0.3) is 0 Å². The second-order valence-corrected chi connectivity index (χ2v) is 8.17. The summed E-state index contributed by atoms with van der Waals surface area (Å²) in [5.74, 6) is -3.08. The topological polar surface area (TPSA) is 61.4 Å². The number of rotatable bonds is 6. The van der Waals surface area contributed by atoms with Crippen molar-refractivity contribution in [2.24, 2.45) is 5.92 Å². The van der Waals surface area contributed by atoms with Crippen molar-refractivity contribution >= 4 is 29.3 Å². The first-order valence-electron chi connectivity index (χ1n) is 9.84. The maximum atomic E-state index is 13.6. The number of hydrogen-bond donors (Lipinski definition) is 2. The summed E-state index contributed by atoms with van der Waals surface area (Å²) in [5.41, 5.74) is 0.965. The molecular weight excluding hydrogens is 408 g/mol. The number of anilines is 1. The highest BCUT2D eigenvalue weighted by Crippen LogP contribution is 2.24. The highest BCUT2D eigenvalue weighted by molar-refractivity contribution is 7.98. The largest absolute Gasteiger partial charge is 0.348 e. The van der Waals surface area contributed by atoms with Gasteiger partial charge in [0, 0.05) is 24.1 Å². The van der Waals surface area contributed by atoms with E-state index in [1.165, 1.54) is 10.5 Å². The van der Waals surface area contributed by atoms with Gasteiger partial charge in [0.15, 0.2) is 0 Å². The van der Waals surface area contributed by atoms with Crippen LogP contribution in [0.3, 0.4) is 0 Å². The predicted octanol–water partition coefficient (Wildman–Crippen LogP) is 3.65. The SMILES string of the molecule is CSc1ccccc1CN1CCC(CNC(=O)C(=O)Nc2cc(F)ccc2F)CC1. The van der Waals surface area contributed by atoms with E-state index in [1.807, 2.05) is 6.07 Å². The Morgan fingerprint density at radius 3 is 2.57 bits per heavy atom. The van der Waals surface area contributed by atoms with E-state index < -0.39 is 23.4 Å². The Labute approximate surface area is 179 Å².